The molecule has 7 heteroatoms. The summed E-state index contributed by atoms with van der Waals surface area (Å²) in [5.74, 6) is -0.631. The molecule has 1 aliphatic heterocycles. The van der Waals surface area contributed by atoms with Crippen LogP contribution < -0.4 is 0 Å². The molecule has 1 heterocycles. The fourth-order valence-electron chi connectivity index (χ4n) is 3.16. The Kier molecular flexibility index (Phi) is 8.92. The third kappa shape index (κ3) is 8.41. The average molecular weight is 408 g/mol. The minimum atomic E-state index is -1.50. The van der Waals surface area contributed by atoms with Crippen LogP contribution in [0.3, 0.4) is 0 Å². The molecule has 0 radical (unpaired) electrons. The average Bonchev–Trinajstić information content (AvgIpc) is 2.65. The highest BCUT2D eigenvalue weighted by molar-refractivity contribution is 5.98. The van der Waals surface area contributed by atoms with Crippen molar-refractivity contribution in [1.82, 2.24) is 0 Å². The van der Waals surface area contributed by atoms with Crippen LogP contribution in [0, 0.1) is 11.8 Å². The van der Waals surface area contributed by atoms with Gasteiger partial charge in [0.05, 0.1) is 18.9 Å². The zero-order chi connectivity index (χ0) is 21.3. The van der Waals surface area contributed by atoms with E-state index in [1.807, 2.05) is 6.92 Å². The van der Waals surface area contributed by atoms with Gasteiger partial charge in [-0.25, -0.2) is 4.79 Å². The Morgan fingerprint density at radius 2 is 1.90 bits per heavy atom. The monoisotopic (exact) mass is 407 g/mol. The normalized spacial score (nSPS) is 22.5. The number of nitrogens with zero attached hydrogens (tertiary/aromatic N) is 1. The Labute approximate surface area is 173 Å². The van der Waals surface area contributed by atoms with Crippen LogP contribution in [0.25, 0.3) is 0 Å². The predicted octanol–water partition coefficient (Wildman–Crippen LogP) is 4.83. The summed E-state index contributed by atoms with van der Waals surface area (Å²) in [7, 11) is 0. The van der Waals surface area contributed by atoms with Crippen molar-refractivity contribution in [3.8, 4) is 0 Å². The predicted molar refractivity (Wildman–Crippen MR) is 110 cm³/mol. The van der Waals surface area contributed by atoms with Gasteiger partial charge in [-0.2, -0.15) is 0 Å². The summed E-state index contributed by atoms with van der Waals surface area (Å²) in [6.45, 7) is 9.22. The van der Waals surface area contributed by atoms with Crippen LogP contribution >= 0.6 is 0 Å². The van der Waals surface area contributed by atoms with Crippen molar-refractivity contribution < 1.29 is 28.9 Å². The highest BCUT2D eigenvalue weighted by Gasteiger charge is 2.36. The van der Waals surface area contributed by atoms with Crippen molar-refractivity contribution in [3.05, 3.63) is 35.4 Å². The lowest BCUT2D eigenvalue weighted by molar-refractivity contribution is -0.379. The lowest BCUT2D eigenvalue weighted by Crippen LogP contribution is -2.45. The van der Waals surface area contributed by atoms with Gasteiger partial charge in [0.1, 0.15) is 6.61 Å². The van der Waals surface area contributed by atoms with Gasteiger partial charge in [0.25, 0.3) is 0 Å². The molecule has 0 spiro atoms. The van der Waals surface area contributed by atoms with Crippen molar-refractivity contribution in [3.63, 3.8) is 0 Å². The van der Waals surface area contributed by atoms with E-state index in [2.05, 4.69) is 48.0 Å². The molecular formula is C22H33NO6. The number of ether oxygens (including phenoxy) is 3. The smallest absolute Gasteiger partial charge is 0.450 e. The first-order valence-electron chi connectivity index (χ1n) is 10.2. The second kappa shape index (κ2) is 11.2. The number of benzene rings is 1. The van der Waals surface area contributed by atoms with Gasteiger partial charge < -0.3 is 24.2 Å². The standard InChI is InChI=1S/C22H33NO6/c1-16(2)13-18-8-10-20(11-9-18)17(3)23-28-12-6-5-7-19-14-26-22(4,27-15-19)29-21(24)25/h8-11,16,19H,5-7,12-15H2,1-4H3,(H,24,25). The van der Waals surface area contributed by atoms with E-state index in [0.29, 0.717) is 25.7 Å². The van der Waals surface area contributed by atoms with E-state index in [9.17, 15) is 4.79 Å². The van der Waals surface area contributed by atoms with Gasteiger partial charge in [-0.15, -0.1) is 0 Å². The molecule has 0 bridgehead atoms. The molecule has 1 saturated heterocycles. The van der Waals surface area contributed by atoms with Crippen molar-refractivity contribution in [2.24, 2.45) is 17.0 Å². The SMILES string of the molecule is CC(=NOCCCCC1COC(C)(OC(=O)O)OC1)c1ccc(CC(C)C)cc1. The molecule has 0 saturated carbocycles. The summed E-state index contributed by atoms with van der Waals surface area (Å²) in [5.41, 5.74) is 3.27. The molecule has 7 nitrogen and oxygen atoms in total. The molecule has 1 aromatic carbocycles. The third-order valence-corrected chi connectivity index (χ3v) is 4.75. The highest BCUT2D eigenvalue weighted by atomic mass is 16.9. The van der Waals surface area contributed by atoms with E-state index in [1.54, 1.807) is 0 Å². The van der Waals surface area contributed by atoms with Crippen molar-refractivity contribution >= 4 is 11.9 Å². The Morgan fingerprint density at radius 3 is 2.48 bits per heavy atom. The van der Waals surface area contributed by atoms with Crippen molar-refractivity contribution in [1.29, 1.82) is 0 Å². The maximum absolute atomic E-state index is 10.6. The second-order valence-electron chi connectivity index (χ2n) is 8.02. The minimum absolute atomic E-state index is 0.218. The first-order valence-corrected chi connectivity index (χ1v) is 10.2. The van der Waals surface area contributed by atoms with E-state index in [-0.39, 0.29) is 5.92 Å². The Hall–Kier alpha value is -2.12. The Morgan fingerprint density at radius 1 is 1.24 bits per heavy atom. The lowest BCUT2D eigenvalue weighted by atomic mass is 10.0. The molecule has 0 aliphatic carbocycles. The van der Waals surface area contributed by atoms with Crippen LogP contribution in [0.1, 0.15) is 58.1 Å². The van der Waals surface area contributed by atoms with E-state index < -0.39 is 12.1 Å². The molecule has 0 amide bonds. The highest BCUT2D eigenvalue weighted by Crippen LogP contribution is 2.25. The second-order valence-corrected chi connectivity index (χ2v) is 8.02. The summed E-state index contributed by atoms with van der Waals surface area (Å²) in [6.07, 6.45) is 2.41. The number of hydrogen-bond donors (Lipinski definition) is 1. The Bertz CT molecular complexity index is 662. The van der Waals surface area contributed by atoms with Gasteiger partial charge in [-0.3, -0.25) is 0 Å². The van der Waals surface area contributed by atoms with Crippen LogP contribution in [-0.2, 0) is 25.5 Å². The fraction of sp³-hybridized carbons (Fsp3) is 0.636. The van der Waals surface area contributed by atoms with E-state index in [1.165, 1.54) is 12.5 Å². The zero-order valence-electron chi connectivity index (χ0n) is 17.8. The summed E-state index contributed by atoms with van der Waals surface area (Å²) in [6, 6.07) is 8.47. The largest absolute Gasteiger partial charge is 0.510 e. The van der Waals surface area contributed by atoms with Crippen LogP contribution in [0.15, 0.2) is 29.4 Å². The number of carboxylic acid groups (broad SMARTS) is 1. The maximum Gasteiger partial charge on any atom is 0.510 e. The van der Waals surface area contributed by atoms with Gasteiger partial charge in [0, 0.05) is 12.8 Å². The summed E-state index contributed by atoms with van der Waals surface area (Å²) >= 11 is 0. The van der Waals surface area contributed by atoms with Crippen LogP contribution in [-0.4, -0.2) is 42.8 Å². The summed E-state index contributed by atoms with van der Waals surface area (Å²) in [5, 5.41) is 12.9. The van der Waals surface area contributed by atoms with E-state index >= 15 is 0 Å². The van der Waals surface area contributed by atoms with E-state index in [0.717, 1.165) is 37.0 Å². The van der Waals surface area contributed by atoms with Gasteiger partial charge >= 0.3 is 12.1 Å². The van der Waals surface area contributed by atoms with Crippen LogP contribution in [0.4, 0.5) is 4.79 Å². The first kappa shape index (κ1) is 23.2. The number of rotatable bonds is 10. The number of unbranched alkanes of at least 4 members (excludes halogenated alkanes) is 1. The van der Waals surface area contributed by atoms with Crippen molar-refractivity contribution in [2.45, 2.75) is 59.4 Å². The quantitative estimate of drug-likeness (QED) is 0.259. The number of oxime groups is 1. The zero-order valence-corrected chi connectivity index (χ0v) is 17.8. The topological polar surface area (TPSA) is 86.6 Å². The molecule has 0 aromatic heterocycles. The molecule has 1 N–H and O–H groups in total. The summed E-state index contributed by atoms with van der Waals surface area (Å²) < 4.78 is 15.4. The fourth-order valence-corrected chi connectivity index (χ4v) is 3.16. The van der Waals surface area contributed by atoms with E-state index in [4.69, 9.17) is 19.4 Å². The maximum atomic E-state index is 10.6. The van der Waals surface area contributed by atoms with Gasteiger partial charge in [0.2, 0.25) is 0 Å². The van der Waals surface area contributed by atoms with Gasteiger partial charge in [-0.1, -0.05) is 43.3 Å². The van der Waals surface area contributed by atoms with Crippen LogP contribution in [0.5, 0.6) is 0 Å². The molecule has 29 heavy (non-hydrogen) atoms. The van der Waals surface area contributed by atoms with Gasteiger partial charge in [-0.05, 0) is 49.7 Å². The third-order valence-electron chi connectivity index (χ3n) is 4.75. The lowest BCUT2D eigenvalue weighted by Gasteiger charge is -2.35. The van der Waals surface area contributed by atoms with Crippen LogP contribution in [0.2, 0.25) is 0 Å². The molecular weight excluding hydrogens is 374 g/mol. The molecule has 2 rings (SSSR count). The summed E-state index contributed by atoms with van der Waals surface area (Å²) in [4.78, 5) is 16.1. The molecule has 162 valence electrons. The minimum Gasteiger partial charge on any atom is -0.450 e. The number of carbonyl (C=O) groups is 1. The molecule has 1 aliphatic rings. The van der Waals surface area contributed by atoms with Gasteiger partial charge in [0.15, 0.2) is 0 Å². The number of hydrogen-bond acceptors (Lipinski definition) is 6. The van der Waals surface area contributed by atoms with Crippen molar-refractivity contribution in [2.75, 3.05) is 19.8 Å². The molecule has 1 aromatic rings. The first-order chi connectivity index (χ1) is 13.8. The Balaban J connectivity index is 1.61. The molecule has 0 atom stereocenters. The molecule has 1 fully saturated rings. The molecule has 0 unspecified atom stereocenters.